The molecule has 0 bridgehead atoms. The highest BCUT2D eigenvalue weighted by molar-refractivity contribution is 5.74. The van der Waals surface area contributed by atoms with E-state index in [0.717, 1.165) is 28.0 Å². The second-order valence-corrected chi connectivity index (χ2v) is 7.21. The minimum absolute atomic E-state index is 0.0953. The van der Waals surface area contributed by atoms with E-state index < -0.39 is 5.97 Å². The van der Waals surface area contributed by atoms with Gasteiger partial charge in [0.2, 0.25) is 0 Å². The molecule has 0 aromatic heterocycles. The van der Waals surface area contributed by atoms with Gasteiger partial charge in [0.1, 0.15) is 11.5 Å². The lowest BCUT2D eigenvalue weighted by Gasteiger charge is -2.22. The molecule has 0 atom stereocenters. The van der Waals surface area contributed by atoms with Crippen LogP contribution in [0.15, 0.2) is 36.4 Å². The molecule has 0 amide bonds. The van der Waals surface area contributed by atoms with Crippen LogP contribution in [0, 0.1) is 20.8 Å². The van der Waals surface area contributed by atoms with E-state index in [1.165, 1.54) is 0 Å². The Morgan fingerprint density at radius 2 is 1.67 bits per heavy atom. The van der Waals surface area contributed by atoms with E-state index in [4.69, 9.17) is 9.47 Å². The molecule has 0 heterocycles. The lowest BCUT2D eigenvalue weighted by atomic mass is 9.86. The van der Waals surface area contributed by atoms with Gasteiger partial charge in [-0.15, -0.1) is 0 Å². The molecular weight excluding hydrogens is 300 g/mol. The minimum atomic E-state index is -0.398. The van der Waals surface area contributed by atoms with Crippen molar-refractivity contribution >= 4 is 5.97 Å². The standard InChI is InChI=1S/C21H26O3/c1-14-11-15(2)16(3)19(12-14)23-13-20(22)24-18-10-8-7-9-17(18)21(4,5)6/h7-12H,13H2,1-6H3. The molecule has 0 saturated heterocycles. The Bertz CT molecular complexity index is 739. The van der Waals surface area contributed by atoms with Crippen LogP contribution in [0.1, 0.15) is 43.0 Å². The Kier molecular flexibility index (Phi) is 5.33. The topological polar surface area (TPSA) is 35.5 Å². The molecule has 3 nitrogen and oxygen atoms in total. The van der Waals surface area contributed by atoms with Crippen molar-refractivity contribution in [3.63, 3.8) is 0 Å². The van der Waals surface area contributed by atoms with Crippen molar-refractivity contribution in [1.29, 1.82) is 0 Å². The number of hydrogen-bond donors (Lipinski definition) is 0. The van der Waals surface area contributed by atoms with Crippen LogP contribution in [-0.4, -0.2) is 12.6 Å². The summed E-state index contributed by atoms with van der Waals surface area (Å²) in [4.78, 5) is 12.2. The SMILES string of the molecule is Cc1cc(C)c(C)c(OCC(=O)Oc2ccccc2C(C)(C)C)c1. The molecule has 0 spiro atoms. The fourth-order valence-electron chi connectivity index (χ4n) is 2.61. The largest absolute Gasteiger partial charge is 0.482 e. The molecule has 2 aromatic rings. The molecule has 2 aromatic carbocycles. The van der Waals surface area contributed by atoms with E-state index in [1.54, 1.807) is 0 Å². The predicted molar refractivity (Wildman–Crippen MR) is 96.9 cm³/mol. The van der Waals surface area contributed by atoms with Gasteiger partial charge in [-0.1, -0.05) is 45.0 Å². The first-order valence-electron chi connectivity index (χ1n) is 8.19. The van der Waals surface area contributed by atoms with Crippen molar-refractivity contribution in [3.8, 4) is 11.5 Å². The Hall–Kier alpha value is -2.29. The summed E-state index contributed by atoms with van der Waals surface area (Å²) in [6.45, 7) is 12.2. The zero-order valence-corrected chi connectivity index (χ0v) is 15.4. The van der Waals surface area contributed by atoms with E-state index in [9.17, 15) is 4.79 Å². The summed E-state index contributed by atoms with van der Waals surface area (Å²) < 4.78 is 11.2. The highest BCUT2D eigenvalue weighted by Crippen LogP contribution is 2.31. The first-order chi connectivity index (χ1) is 11.2. The lowest BCUT2D eigenvalue weighted by Crippen LogP contribution is -2.21. The van der Waals surface area contributed by atoms with Gasteiger partial charge in [-0.25, -0.2) is 4.79 Å². The fourth-order valence-corrected chi connectivity index (χ4v) is 2.61. The average Bonchev–Trinajstić information content (AvgIpc) is 2.49. The van der Waals surface area contributed by atoms with Gasteiger partial charge in [0.05, 0.1) is 0 Å². The number of esters is 1. The summed E-state index contributed by atoms with van der Waals surface area (Å²) >= 11 is 0. The maximum Gasteiger partial charge on any atom is 0.349 e. The second-order valence-electron chi connectivity index (χ2n) is 7.21. The number of benzene rings is 2. The third-order valence-corrected chi connectivity index (χ3v) is 4.03. The summed E-state index contributed by atoms with van der Waals surface area (Å²) in [5.41, 5.74) is 4.21. The summed E-state index contributed by atoms with van der Waals surface area (Å²) in [5.74, 6) is 0.926. The van der Waals surface area contributed by atoms with Gasteiger partial charge in [0, 0.05) is 5.56 Å². The van der Waals surface area contributed by atoms with Gasteiger partial charge in [-0.2, -0.15) is 0 Å². The molecule has 0 aliphatic rings. The van der Waals surface area contributed by atoms with Crippen molar-refractivity contribution in [2.24, 2.45) is 0 Å². The average molecular weight is 326 g/mol. The van der Waals surface area contributed by atoms with Gasteiger partial charge < -0.3 is 9.47 Å². The van der Waals surface area contributed by atoms with E-state index in [1.807, 2.05) is 51.1 Å². The molecule has 0 radical (unpaired) electrons. The van der Waals surface area contributed by atoms with E-state index in [-0.39, 0.29) is 12.0 Å². The van der Waals surface area contributed by atoms with Crippen molar-refractivity contribution in [3.05, 3.63) is 58.7 Å². The summed E-state index contributed by atoms with van der Waals surface area (Å²) in [7, 11) is 0. The Labute approximate surface area is 144 Å². The highest BCUT2D eigenvalue weighted by atomic mass is 16.6. The number of hydrogen-bond acceptors (Lipinski definition) is 3. The Balaban J connectivity index is 2.08. The smallest absolute Gasteiger partial charge is 0.349 e. The van der Waals surface area contributed by atoms with Gasteiger partial charge in [0.15, 0.2) is 6.61 Å². The quantitative estimate of drug-likeness (QED) is 0.592. The van der Waals surface area contributed by atoms with Gasteiger partial charge >= 0.3 is 5.97 Å². The Morgan fingerprint density at radius 3 is 2.33 bits per heavy atom. The predicted octanol–water partition coefficient (Wildman–Crippen LogP) is 4.89. The molecule has 0 unspecified atom stereocenters. The zero-order valence-electron chi connectivity index (χ0n) is 15.4. The highest BCUT2D eigenvalue weighted by Gasteiger charge is 2.20. The van der Waals surface area contributed by atoms with Crippen LogP contribution in [0.2, 0.25) is 0 Å². The molecule has 0 saturated carbocycles. The third-order valence-electron chi connectivity index (χ3n) is 4.03. The molecule has 0 aliphatic carbocycles. The summed E-state index contributed by atoms with van der Waals surface area (Å²) in [5, 5.41) is 0. The first kappa shape index (κ1) is 18.1. The Morgan fingerprint density at radius 1 is 1.00 bits per heavy atom. The van der Waals surface area contributed by atoms with Gasteiger partial charge in [0.25, 0.3) is 0 Å². The number of rotatable bonds is 4. The molecule has 24 heavy (non-hydrogen) atoms. The van der Waals surface area contributed by atoms with Crippen molar-refractivity contribution < 1.29 is 14.3 Å². The van der Waals surface area contributed by atoms with E-state index in [2.05, 4.69) is 26.8 Å². The molecule has 128 valence electrons. The van der Waals surface area contributed by atoms with Crippen LogP contribution in [0.5, 0.6) is 11.5 Å². The number of carbonyl (C=O) groups is 1. The van der Waals surface area contributed by atoms with Crippen LogP contribution in [-0.2, 0) is 10.2 Å². The number of carbonyl (C=O) groups excluding carboxylic acids is 1. The third kappa shape index (κ3) is 4.38. The molecule has 0 N–H and O–H groups in total. The van der Waals surface area contributed by atoms with Crippen LogP contribution in [0.25, 0.3) is 0 Å². The van der Waals surface area contributed by atoms with Crippen LogP contribution < -0.4 is 9.47 Å². The number of para-hydroxylation sites is 1. The molecule has 2 rings (SSSR count). The van der Waals surface area contributed by atoms with Crippen LogP contribution in [0.3, 0.4) is 0 Å². The maximum atomic E-state index is 12.2. The normalized spacial score (nSPS) is 11.2. The second kappa shape index (κ2) is 7.08. The molecule has 0 fully saturated rings. The van der Waals surface area contributed by atoms with E-state index in [0.29, 0.717) is 5.75 Å². The fraction of sp³-hybridized carbons (Fsp3) is 0.381. The van der Waals surface area contributed by atoms with Crippen LogP contribution in [0.4, 0.5) is 0 Å². The van der Waals surface area contributed by atoms with Crippen LogP contribution >= 0.6 is 0 Å². The first-order valence-corrected chi connectivity index (χ1v) is 8.19. The summed E-state index contributed by atoms with van der Waals surface area (Å²) in [6, 6.07) is 11.7. The van der Waals surface area contributed by atoms with Crippen molar-refractivity contribution in [2.75, 3.05) is 6.61 Å². The van der Waals surface area contributed by atoms with Gasteiger partial charge in [-0.05, 0) is 55.0 Å². The zero-order chi connectivity index (χ0) is 17.9. The van der Waals surface area contributed by atoms with Gasteiger partial charge in [-0.3, -0.25) is 0 Å². The van der Waals surface area contributed by atoms with E-state index >= 15 is 0 Å². The molecular formula is C21H26O3. The maximum absolute atomic E-state index is 12.2. The number of ether oxygens (including phenoxy) is 2. The molecule has 0 aliphatic heterocycles. The number of aryl methyl sites for hydroxylation is 2. The van der Waals surface area contributed by atoms with Crippen molar-refractivity contribution in [2.45, 2.75) is 47.0 Å². The summed E-state index contributed by atoms with van der Waals surface area (Å²) in [6.07, 6.45) is 0. The minimum Gasteiger partial charge on any atom is -0.482 e. The molecule has 3 heteroatoms. The van der Waals surface area contributed by atoms with Crippen molar-refractivity contribution in [1.82, 2.24) is 0 Å². The lowest BCUT2D eigenvalue weighted by molar-refractivity contribution is -0.136. The monoisotopic (exact) mass is 326 g/mol.